The Morgan fingerprint density at radius 3 is 1.93 bits per heavy atom. The summed E-state index contributed by atoms with van der Waals surface area (Å²) in [6, 6.07) is 0. The molecule has 0 spiro atoms. The molecule has 1 amide bonds. The standard InChI is InChI=1S/C17H32N2O2.3C2H6/c1-4-16(5-2)18-21-14-8-6-7-9-17(20)19-12-10-15(3)11-13-19;3*1-2/h15H,4-14H2,1-3H3;3*1-2H3. The molecular weight excluding hydrogens is 336 g/mol. The number of oxime groups is 1. The molecule has 1 fully saturated rings. The van der Waals surface area contributed by atoms with Gasteiger partial charge in [0, 0.05) is 19.5 Å². The zero-order chi connectivity index (χ0) is 21.5. The van der Waals surface area contributed by atoms with Crippen molar-refractivity contribution in [3.8, 4) is 0 Å². The number of piperidine rings is 1. The van der Waals surface area contributed by atoms with E-state index in [-0.39, 0.29) is 0 Å². The SMILES string of the molecule is CC.CC.CC.CCC(CC)=NOCCCCCC(=O)N1CCC(C)CC1. The van der Waals surface area contributed by atoms with Gasteiger partial charge in [-0.05, 0) is 50.9 Å². The summed E-state index contributed by atoms with van der Waals surface area (Å²) in [5, 5.41) is 4.12. The van der Waals surface area contributed by atoms with Crippen molar-refractivity contribution in [3.05, 3.63) is 0 Å². The van der Waals surface area contributed by atoms with Gasteiger partial charge in [-0.15, -0.1) is 0 Å². The molecule has 164 valence electrons. The number of rotatable bonds is 9. The van der Waals surface area contributed by atoms with Crippen molar-refractivity contribution in [1.29, 1.82) is 0 Å². The summed E-state index contributed by atoms with van der Waals surface area (Å²) < 4.78 is 0. The number of amides is 1. The van der Waals surface area contributed by atoms with E-state index in [0.29, 0.717) is 18.9 Å². The Labute approximate surface area is 171 Å². The van der Waals surface area contributed by atoms with Crippen LogP contribution in [0.1, 0.15) is 114 Å². The molecule has 0 aliphatic carbocycles. The van der Waals surface area contributed by atoms with Crippen LogP contribution in [0.3, 0.4) is 0 Å². The summed E-state index contributed by atoms with van der Waals surface area (Å²) in [5.74, 6) is 1.11. The largest absolute Gasteiger partial charge is 0.396 e. The summed E-state index contributed by atoms with van der Waals surface area (Å²) in [7, 11) is 0. The summed E-state index contributed by atoms with van der Waals surface area (Å²) in [5.41, 5.74) is 1.12. The van der Waals surface area contributed by atoms with Gasteiger partial charge in [-0.25, -0.2) is 0 Å². The molecule has 0 N–H and O–H groups in total. The fraction of sp³-hybridized carbons (Fsp3) is 0.913. The maximum absolute atomic E-state index is 12.0. The Balaban J connectivity index is -0.000000869. The molecule has 1 saturated heterocycles. The van der Waals surface area contributed by atoms with Crippen molar-refractivity contribution in [2.75, 3.05) is 19.7 Å². The zero-order valence-corrected chi connectivity index (χ0v) is 20.1. The number of unbranched alkanes of at least 4 members (excludes halogenated alkanes) is 2. The maximum Gasteiger partial charge on any atom is 0.222 e. The van der Waals surface area contributed by atoms with Crippen LogP contribution in [0.15, 0.2) is 5.16 Å². The van der Waals surface area contributed by atoms with Gasteiger partial charge < -0.3 is 9.74 Å². The lowest BCUT2D eigenvalue weighted by Gasteiger charge is -2.30. The second-order valence-electron chi connectivity index (χ2n) is 6.07. The predicted molar refractivity (Wildman–Crippen MR) is 121 cm³/mol. The number of nitrogens with zero attached hydrogens (tertiary/aromatic N) is 2. The second-order valence-corrected chi connectivity index (χ2v) is 6.07. The van der Waals surface area contributed by atoms with Crippen LogP contribution in [0.4, 0.5) is 0 Å². The van der Waals surface area contributed by atoms with Crippen molar-refractivity contribution in [2.24, 2.45) is 11.1 Å². The molecule has 4 nitrogen and oxygen atoms in total. The van der Waals surface area contributed by atoms with Crippen LogP contribution in [0.2, 0.25) is 0 Å². The Hall–Kier alpha value is -1.06. The third-order valence-electron chi connectivity index (χ3n) is 4.27. The van der Waals surface area contributed by atoms with Gasteiger partial charge in [0.1, 0.15) is 6.61 Å². The summed E-state index contributed by atoms with van der Waals surface area (Å²) >= 11 is 0. The highest BCUT2D eigenvalue weighted by atomic mass is 16.6. The van der Waals surface area contributed by atoms with Gasteiger partial charge >= 0.3 is 0 Å². The average molecular weight is 387 g/mol. The zero-order valence-electron chi connectivity index (χ0n) is 20.1. The molecule has 0 aromatic rings. The minimum Gasteiger partial charge on any atom is -0.396 e. The Morgan fingerprint density at radius 1 is 0.926 bits per heavy atom. The lowest BCUT2D eigenvalue weighted by Crippen LogP contribution is -2.37. The van der Waals surface area contributed by atoms with Crippen LogP contribution in [0.5, 0.6) is 0 Å². The maximum atomic E-state index is 12.0. The fourth-order valence-electron chi connectivity index (χ4n) is 2.55. The highest BCUT2D eigenvalue weighted by molar-refractivity contribution is 5.83. The van der Waals surface area contributed by atoms with Crippen LogP contribution in [-0.2, 0) is 9.63 Å². The van der Waals surface area contributed by atoms with Crippen molar-refractivity contribution >= 4 is 11.6 Å². The molecule has 1 heterocycles. The van der Waals surface area contributed by atoms with E-state index in [1.165, 1.54) is 0 Å². The van der Waals surface area contributed by atoms with Gasteiger partial charge in [0.15, 0.2) is 0 Å². The van der Waals surface area contributed by atoms with E-state index >= 15 is 0 Å². The van der Waals surface area contributed by atoms with Gasteiger partial charge in [-0.2, -0.15) is 0 Å². The van der Waals surface area contributed by atoms with E-state index in [0.717, 1.165) is 69.7 Å². The number of likely N-dealkylation sites (tertiary alicyclic amines) is 1. The fourth-order valence-corrected chi connectivity index (χ4v) is 2.55. The van der Waals surface area contributed by atoms with Gasteiger partial charge in [0.05, 0.1) is 5.71 Å². The minimum atomic E-state index is 0.333. The average Bonchev–Trinajstić information content (AvgIpc) is 2.75. The van der Waals surface area contributed by atoms with Crippen molar-refractivity contribution in [2.45, 2.75) is 114 Å². The lowest BCUT2D eigenvalue weighted by atomic mass is 9.99. The third-order valence-corrected chi connectivity index (χ3v) is 4.27. The first-order valence-electron chi connectivity index (χ1n) is 11.6. The molecule has 27 heavy (non-hydrogen) atoms. The van der Waals surface area contributed by atoms with E-state index in [9.17, 15) is 4.79 Å². The van der Waals surface area contributed by atoms with Crippen molar-refractivity contribution in [1.82, 2.24) is 4.90 Å². The topological polar surface area (TPSA) is 41.9 Å². The Kier molecular flexibility index (Phi) is 28.3. The summed E-state index contributed by atoms with van der Waals surface area (Å²) in [6.45, 7) is 21.0. The number of carbonyl (C=O) groups is 1. The monoisotopic (exact) mass is 386 g/mol. The third kappa shape index (κ3) is 18.1. The van der Waals surface area contributed by atoms with Crippen molar-refractivity contribution in [3.63, 3.8) is 0 Å². The molecule has 1 rings (SSSR count). The van der Waals surface area contributed by atoms with E-state index < -0.39 is 0 Å². The second kappa shape index (κ2) is 24.9. The predicted octanol–water partition coefficient (Wildman–Crippen LogP) is 7.08. The normalized spacial score (nSPS) is 13.0. The van der Waals surface area contributed by atoms with Gasteiger partial charge in [0.25, 0.3) is 0 Å². The first-order chi connectivity index (χ1) is 13.2. The highest BCUT2D eigenvalue weighted by Gasteiger charge is 2.19. The molecular formula is C23H50N2O2. The molecule has 0 atom stereocenters. The molecule has 0 saturated carbocycles. The molecule has 0 radical (unpaired) electrons. The van der Waals surface area contributed by atoms with E-state index in [4.69, 9.17) is 4.84 Å². The van der Waals surface area contributed by atoms with Crippen LogP contribution < -0.4 is 0 Å². The number of carbonyl (C=O) groups excluding carboxylic acids is 1. The van der Waals surface area contributed by atoms with Crippen LogP contribution in [0.25, 0.3) is 0 Å². The van der Waals surface area contributed by atoms with Gasteiger partial charge in [-0.3, -0.25) is 4.79 Å². The number of hydrogen-bond donors (Lipinski definition) is 0. The summed E-state index contributed by atoms with van der Waals surface area (Å²) in [6.07, 6.45) is 7.91. The van der Waals surface area contributed by atoms with E-state index in [2.05, 4.69) is 25.9 Å². The smallest absolute Gasteiger partial charge is 0.222 e. The van der Waals surface area contributed by atoms with Crippen LogP contribution in [0, 0.1) is 5.92 Å². The first-order valence-corrected chi connectivity index (χ1v) is 11.6. The Bertz CT molecular complexity index is 316. The van der Waals surface area contributed by atoms with Gasteiger partial charge in [0.2, 0.25) is 5.91 Å². The Morgan fingerprint density at radius 2 is 1.44 bits per heavy atom. The first kappa shape index (κ1) is 30.7. The highest BCUT2D eigenvalue weighted by Crippen LogP contribution is 2.17. The molecule has 1 aliphatic heterocycles. The number of hydrogen-bond acceptors (Lipinski definition) is 3. The van der Waals surface area contributed by atoms with E-state index in [1.807, 2.05) is 46.4 Å². The van der Waals surface area contributed by atoms with Crippen molar-refractivity contribution < 1.29 is 9.63 Å². The molecule has 0 unspecified atom stereocenters. The molecule has 0 aromatic carbocycles. The lowest BCUT2D eigenvalue weighted by molar-refractivity contribution is -0.132. The van der Waals surface area contributed by atoms with E-state index in [1.54, 1.807) is 0 Å². The summed E-state index contributed by atoms with van der Waals surface area (Å²) in [4.78, 5) is 19.4. The van der Waals surface area contributed by atoms with Crippen LogP contribution >= 0.6 is 0 Å². The van der Waals surface area contributed by atoms with Crippen LogP contribution in [-0.4, -0.2) is 36.2 Å². The quantitative estimate of drug-likeness (QED) is 0.241. The molecule has 0 bridgehead atoms. The molecule has 4 heteroatoms. The molecule has 0 aromatic heterocycles. The van der Waals surface area contributed by atoms with Gasteiger partial charge in [-0.1, -0.05) is 67.5 Å². The molecule has 1 aliphatic rings. The minimum absolute atomic E-state index is 0.333.